The summed E-state index contributed by atoms with van der Waals surface area (Å²) in [6, 6.07) is 5.85. The fourth-order valence-electron chi connectivity index (χ4n) is 3.23. The Bertz CT molecular complexity index is 682. The maximum atomic E-state index is 12.6. The number of carbonyl (C=O) groups excluding carboxylic acids is 2. The predicted molar refractivity (Wildman–Crippen MR) is 105 cm³/mol. The molecule has 3 rings (SSSR count). The van der Waals surface area contributed by atoms with Gasteiger partial charge in [0.2, 0.25) is 5.91 Å². The van der Waals surface area contributed by atoms with E-state index in [0.717, 1.165) is 18.4 Å². The van der Waals surface area contributed by atoms with E-state index in [1.54, 1.807) is 4.90 Å². The smallest absolute Gasteiger partial charge is 0.322 e. The molecule has 1 saturated carbocycles. The minimum absolute atomic E-state index is 0.0939. The number of urea groups is 1. The second-order valence-corrected chi connectivity index (χ2v) is 7.34. The molecule has 2 N–H and O–H groups in total. The number of benzene rings is 1. The van der Waals surface area contributed by atoms with Crippen LogP contribution in [0.4, 0.5) is 10.5 Å². The lowest BCUT2D eigenvalue weighted by atomic mass is 10.2. The van der Waals surface area contributed by atoms with E-state index in [1.807, 2.05) is 39.0 Å². The Balaban J connectivity index is 1.52. The Labute approximate surface area is 161 Å². The fraction of sp³-hybridized carbons (Fsp3) is 0.600. The van der Waals surface area contributed by atoms with Gasteiger partial charge in [0.25, 0.3) is 0 Å². The van der Waals surface area contributed by atoms with Crippen LogP contribution in [0.15, 0.2) is 18.2 Å². The Morgan fingerprint density at radius 1 is 1.22 bits per heavy atom. The zero-order valence-electron chi connectivity index (χ0n) is 16.5. The highest BCUT2D eigenvalue weighted by molar-refractivity contribution is 5.91. The number of aryl methyl sites for hydroxylation is 1. The van der Waals surface area contributed by atoms with E-state index in [9.17, 15) is 9.59 Å². The molecule has 0 radical (unpaired) electrons. The molecule has 1 saturated heterocycles. The third-order valence-electron chi connectivity index (χ3n) is 5.13. The number of rotatable bonds is 6. The van der Waals surface area contributed by atoms with Crippen LogP contribution >= 0.6 is 0 Å². The molecule has 7 nitrogen and oxygen atoms in total. The lowest BCUT2D eigenvalue weighted by Gasteiger charge is -2.37. The quantitative estimate of drug-likeness (QED) is 0.801. The van der Waals surface area contributed by atoms with Gasteiger partial charge in [-0.05, 0) is 51.3 Å². The third kappa shape index (κ3) is 5.13. The van der Waals surface area contributed by atoms with Gasteiger partial charge < -0.3 is 20.3 Å². The van der Waals surface area contributed by atoms with E-state index >= 15 is 0 Å². The zero-order valence-corrected chi connectivity index (χ0v) is 16.5. The number of nitrogens with zero attached hydrogens (tertiary/aromatic N) is 2. The summed E-state index contributed by atoms with van der Waals surface area (Å²) < 4.78 is 5.63. The van der Waals surface area contributed by atoms with Gasteiger partial charge in [-0.25, -0.2) is 4.79 Å². The zero-order chi connectivity index (χ0) is 19.4. The molecule has 0 aromatic heterocycles. The average molecular weight is 374 g/mol. The van der Waals surface area contributed by atoms with Crippen LogP contribution in [0.1, 0.15) is 32.3 Å². The van der Waals surface area contributed by atoms with E-state index in [-0.39, 0.29) is 18.0 Å². The minimum atomic E-state index is -0.155. The average Bonchev–Trinajstić information content (AvgIpc) is 3.47. The molecule has 3 amide bonds. The van der Waals surface area contributed by atoms with E-state index in [4.69, 9.17) is 4.74 Å². The maximum Gasteiger partial charge on any atom is 0.322 e. The molecular weight excluding hydrogens is 344 g/mol. The number of nitrogens with one attached hydrogen (secondary N) is 2. The molecule has 7 heteroatoms. The summed E-state index contributed by atoms with van der Waals surface area (Å²) in [6.07, 6.45) is 2.18. The number of amides is 3. The number of hydrogen-bond donors (Lipinski definition) is 2. The summed E-state index contributed by atoms with van der Waals surface area (Å²) in [4.78, 5) is 28.8. The molecule has 1 aromatic rings. The van der Waals surface area contributed by atoms with Crippen molar-refractivity contribution in [2.75, 3.05) is 38.1 Å². The van der Waals surface area contributed by atoms with Crippen LogP contribution < -0.4 is 15.4 Å². The molecule has 1 unspecified atom stereocenters. The Hall–Kier alpha value is -2.28. The number of hydrogen-bond acceptors (Lipinski definition) is 4. The van der Waals surface area contributed by atoms with Gasteiger partial charge in [-0.15, -0.1) is 0 Å². The van der Waals surface area contributed by atoms with Crippen LogP contribution in [0.2, 0.25) is 0 Å². The first-order chi connectivity index (χ1) is 13.0. The molecule has 1 aliphatic heterocycles. The molecule has 1 atom stereocenters. The summed E-state index contributed by atoms with van der Waals surface area (Å²) in [5, 5.41) is 6.01. The van der Waals surface area contributed by atoms with Crippen LogP contribution in [0, 0.1) is 6.92 Å². The molecule has 0 bridgehead atoms. The summed E-state index contributed by atoms with van der Waals surface area (Å²) in [5.74, 6) is 0.784. The van der Waals surface area contributed by atoms with Crippen molar-refractivity contribution in [1.82, 2.24) is 15.1 Å². The normalized spacial score (nSPS) is 18.7. The van der Waals surface area contributed by atoms with Crippen molar-refractivity contribution in [3.63, 3.8) is 0 Å². The van der Waals surface area contributed by atoms with E-state index in [1.165, 1.54) is 0 Å². The monoisotopic (exact) mass is 374 g/mol. The van der Waals surface area contributed by atoms with Crippen LogP contribution in [-0.2, 0) is 4.79 Å². The summed E-state index contributed by atoms with van der Waals surface area (Å²) in [6.45, 7) is 8.99. The number of piperazine rings is 1. The Kier molecular flexibility index (Phi) is 6.21. The SMILES string of the molecule is CCOc1cc(C)ccc1NC(=O)N1CCN(C(C)C(=O)NC2CC2)CC1. The van der Waals surface area contributed by atoms with Gasteiger partial charge in [0, 0.05) is 32.2 Å². The standard InChI is InChI=1S/C20H30N4O3/c1-4-27-18-13-14(2)5-8-17(18)22-20(26)24-11-9-23(10-12-24)15(3)19(25)21-16-6-7-16/h5,8,13,15-16H,4,6-7,9-12H2,1-3H3,(H,21,25)(H,22,26). The van der Waals surface area contributed by atoms with Crippen molar-refractivity contribution in [1.29, 1.82) is 0 Å². The summed E-state index contributed by atoms with van der Waals surface area (Å²) in [7, 11) is 0. The van der Waals surface area contributed by atoms with Crippen LogP contribution in [0.25, 0.3) is 0 Å². The molecule has 2 aliphatic rings. The van der Waals surface area contributed by atoms with Gasteiger partial charge in [0.05, 0.1) is 18.3 Å². The predicted octanol–water partition coefficient (Wildman–Crippen LogP) is 2.21. The van der Waals surface area contributed by atoms with Gasteiger partial charge in [-0.1, -0.05) is 6.07 Å². The third-order valence-corrected chi connectivity index (χ3v) is 5.13. The summed E-state index contributed by atoms with van der Waals surface area (Å²) >= 11 is 0. The molecule has 1 heterocycles. The van der Waals surface area contributed by atoms with Gasteiger partial charge in [0.1, 0.15) is 5.75 Å². The molecule has 27 heavy (non-hydrogen) atoms. The van der Waals surface area contributed by atoms with Gasteiger partial charge in [-0.3, -0.25) is 9.69 Å². The first-order valence-electron chi connectivity index (χ1n) is 9.81. The number of carbonyl (C=O) groups is 2. The highest BCUT2D eigenvalue weighted by Crippen LogP contribution is 2.26. The van der Waals surface area contributed by atoms with Crippen molar-refractivity contribution >= 4 is 17.6 Å². The molecule has 1 aromatic carbocycles. The Morgan fingerprint density at radius 3 is 2.56 bits per heavy atom. The number of anilines is 1. The summed E-state index contributed by atoms with van der Waals surface area (Å²) in [5.41, 5.74) is 1.77. The van der Waals surface area contributed by atoms with Gasteiger partial charge in [-0.2, -0.15) is 0 Å². The fourth-order valence-corrected chi connectivity index (χ4v) is 3.23. The largest absolute Gasteiger partial charge is 0.492 e. The van der Waals surface area contributed by atoms with Gasteiger partial charge >= 0.3 is 6.03 Å². The van der Waals surface area contributed by atoms with Crippen molar-refractivity contribution in [2.24, 2.45) is 0 Å². The van der Waals surface area contributed by atoms with Crippen molar-refractivity contribution in [3.8, 4) is 5.75 Å². The first-order valence-corrected chi connectivity index (χ1v) is 9.81. The second-order valence-electron chi connectivity index (χ2n) is 7.34. The number of ether oxygens (including phenoxy) is 1. The van der Waals surface area contributed by atoms with E-state index in [2.05, 4.69) is 15.5 Å². The molecule has 148 valence electrons. The van der Waals surface area contributed by atoms with Crippen molar-refractivity contribution < 1.29 is 14.3 Å². The lowest BCUT2D eigenvalue weighted by molar-refractivity contribution is -0.126. The van der Waals surface area contributed by atoms with Crippen molar-refractivity contribution in [3.05, 3.63) is 23.8 Å². The van der Waals surface area contributed by atoms with Crippen LogP contribution in [-0.4, -0.2) is 66.6 Å². The minimum Gasteiger partial charge on any atom is -0.492 e. The van der Waals surface area contributed by atoms with Crippen LogP contribution in [0.5, 0.6) is 5.75 Å². The van der Waals surface area contributed by atoms with Crippen molar-refractivity contribution in [2.45, 2.75) is 45.7 Å². The molecule has 0 spiro atoms. The highest BCUT2D eigenvalue weighted by atomic mass is 16.5. The van der Waals surface area contributed by atoms with E-state index < -0.39 is 0 Å². The van der Waals surface area contributed by atoms with Gasteiger partial charge in [0.15, 0.2) is 0 Å². The lowest BCUT2D eigenvalue weighted by Crippen LogP contribution is -2.55. The molecule has 1 aliphatic carbocycles. The van der Waals surface area contributed by atoms with Crippen LogP contribution in [0.3, 0.4) is 0 Å². The first kappa shape index (κ1) is 19.5. The topological polar surface area (TPSA) is 73.9 Å². The maximum absolute atomic E-state index is 12.6. The van der Waals surface area contributed by atoms with E-state index in [0.29, 0.717) is 50.3 Å². The second kappa shape index (κ2) is 8.61. The Morgan fingerprint density at radius 2 is 1.93 bits per heavy atom. The molecule has 2 fully saturated rings. The molecular formula is C20H30N4O3. The highest BCUT2D eigenvalue weighted by Gasteiger charge is 2.31.